The van der Waals surface area contributed by atoms with Crippen molar-refractivity contribution in [2.75, 3.05) is 0 Å². The maximum Gasteiger partial charge on any atom is 0.296 e. The van der Waals surface area contributed by atoms with Crippen LogP contribution in [-0.4, -0.2) is 24.1 Å². The molecule has 0 saturated heterocycles. The molecular weight excluding hydrogens is 290 g/mol. The molecule has 0 bridgehead atoms. The minimum Gasteiger partial charge on any atom is -0.302 e. The van der Waals surface area contributed by atoms with Crippen molar-refractivity contribution in [2.24, 2.45) is 0 Å². The van der Waals surface area contributed by atoms with Crippen LogP contribution >= 0.6 is 0 Å². The van der Waals surface area contributed by atoms with Crippen molar-refractivity contribution >= 4 is 16.8 Å². The number of fused-ring (bicyclic) bond motifs is 3. The fourth-order valence-corrected chi connectivity index (χ4v) is 3.11. The van der Waals surface area contributed by atoms with Crippen molar-refractivity contribution in [1.82, 2.24) is 24.1 Å². The average Bonchev–Trinajstić information content (AvgIpc) is 3.11. The van der Waals surface area contributed by atoms with Crippen LogP contribution in [0.25, 0.3) is 16.8 Å². The first-order chi connectivity index (χ1) is 11.0. The third kappa shape index (κ3) is 2.08. The molecule has 0 spiro atoms. The number of unbranched alkanes of at least 4 members (excludes halogenated alkanes) is 1. The highest BCUT2D eigenvalue weighted by Gasteiger charge is 2.44. The largest absolute Gasteiger partial charge is 0.302 e. The van der Waals surface area contributed by atoms with Gasteiger partial charge in [-0.3, -0.25) is 9.20 Å². The van der Waals surface area contributed by atoms with Crippen LogP contribution in [0, 0.1) is 6.92 Å². The van der Waals surface area contributed by atoms with Crippen LogP contribution in [0.15, 0.2) is 17.1 Å². The van der Waals surface area contributed by atoms with E-state index >= 15 is 0 Å². The summed E-state index contributed by atoms with van der Waals surface area (Å²) in [6.45, 7) is 6.98. The number of hydrogen-bond acceptors (Lipinski definition) is 4. The molecule has 0 aliphatic heterocycles. The van der Waals surface area contributed by atoms with E-state index in [1.54, 1.807) is 0 Å². The molecule has 23 heavy (non-hydrogen) atoms. The Hall–Kier alpha value is -2.24. The summed E-state index contributed by atoms with van der Waals surface area (Å²) in [5.74, 6) is 0.869. The Bertz CT molecular complexity index is 964. The molecule has 1 saturated carbocycles. The van der Waals surface area contributed by atoms with E-state index in [0.29, 0.717) is 12.2 Å². The van der Waals surface area contributed by atoms with Crippen LogP contribution in [0.1, 0.15) is 50.9 Å². The van der Waals surface area contributed by atoms with Crippen LogP contribution in [0.3, 0.4) is 0 Å². The van der Waals surface area contributed by atoms with Gasteiger partial charge in [-0.1, -0.05) is 20.3 Å². The minimum atomic E-state index is -0.0682. The Balaban J connectivity index is 2.12. The van der Waals surface area contributed by atoms with Gasteiger partial charge in [0.15, 0.2) is 5.65 Å². The third-order valence-electron chi connectivity index (χ3n) is 4.86. The van der Waals surface area contributed by atoms with Gasteiger partial charge in [-0.2, -0.15) is 0 Å². The molecule has 0 radical (unpaired) electrons. The van der Waals surface area contributed by atoms with Crippen LogP contribution in [0.2, 0.25) is 0 Å². The Morgan fingerprint density at radius 3 is 2.74 bits per heavy atom. The fraction of sp³-hybridized carbons (Fsp3) is 0.529. The molecular formula is C17H21N5O. The van der Waals surface area contributed by atoms with Crippen LogP contribution in [-0.2, 0) is 12.0 Å². The standard InChI is InChI=1S/C17H21N5O/c1-4-5-8-21-12-9-11(2)10-18-13(12)22-14(15(21)23)19-20-16(22)17(3)6-7-17/h9-10H,4-8H2,1-3H3. The van der Waals surface area contributed by atoms with Gasteiger partial charge in [0.2, 0.25) is 5.65 Å². The van der Waals surface area contributed by atoms with E-state index in [1.165, 1.54) is 0 Å². The average molecular weight is 311 g/mol. The van der Waals surface area contributed by atoms with Gasteiger partial charge in [0.05, 0.1) is 5.52 Å². The molecule has 0 unspecified atom stereocenters. The van der Waals surface area contributed by atoms with Gasteiger partial charge >= 0.3 is 0 Å². The smallest absolute Gasteiger partial charge is 0.296 e. The Morgan fingerprint density at radius 1 is 1.26 bits per heavy atom. The molecule has 1 aliphatic rings. The summed E-state index contributed by atoms with van der Waals surface area (Å²) < 4.78 is 3.69. The summed E-state index contributed by atoms with van der Waals surface area (Å²) >= 11 is 0. The lowest BCUT2D eigenvalue weighted by Crippen LogP contribution is -2.25. The molecule has 1 aliphatic carbocycles. The lowest BCUT2D eigenvalue weighted by molar-refractivity contribution is 0.628. The Kier molecular flexibility index (Phi) is 3.04. The first kappa shape index (κ1) is 14.4. The van der Waals surface area contributed by atoms with Gasteiger partial charge in [0.1, 0.15) is 5.82 Å². The molecule has 120 valence electrons. The van der Waals surface area contributed by atoms with E-state index in [-0.39, 0.29) is 11.0 Å². The zero-order valence-corrected chi connectivity index (χ0v) is 13.8. The Labute approximate surface area is 134 Å². The molecule has 3 aromatic heterocycles. The van der Waals surface area contributed by atoms with E-state index < -0.39 is 0 Å². The second-order valence-corrected chi connectivity index (χ2v) is 6.91. The highest BCUT2D eigenvalue weighted by Crippen LogP contribution is 2.46. The second-order valence-electron chi connectivity index (χ2n) is 6.91. The number of pyridine rings is 1. The third-order valence-corrected chi connectivity index (χ3v) is 4.86. The topological polar surface area (TPSA) is 65.1 Å². The predicted octanol–water partition coefficient (Wildman–Crippen LogP) is 2.60. The highest BCUT2D eigenvalue weighted by atomic mass is 16.1. The molecule has 6 nitrogen and oxygen atoms in total. The van der Waals surface area contributed by atoms with Crippen LogP contribution < -0.4 is 5.56 Å². The van der Waals surface area contributed by atoms with E-state index in [2.05, 4.69) is 29.0 Å². The normalized spacial score (nSPS) is 16.3. The zero-order chi connectivity index (χ0) is 16.2. The van der Waals surface area contributed by atoms with E-state index in [1.807, 2.05) is 28.2 Å². The van der Waals surface area contributed by atoms with Crippen molar-refractivity contribution in [3.05, 3.63) is 34.0 Å². The second kappa shape index (κ2) is 4.88. The molecule has 3 heterocycles. The molecule has 4 rings (SSSR count). The number of hydrogen-bond donors (Lipinski definition) is 0. The molecule has 0 atom stereocenters. The summed E-state index contributed by atoms with van der Waals surface area (Å²) in [7, 11) is 0. The Morgan fingerprint density at radius 2 is 2.04 bits per heavy atom. The summed E-state index contributed by atoms with van der Waals surface area (Å²) in [6, 6.07) is 2.04. The molecule has 0 aromatic carbocycles. The first-order valence-electron chi connectivity index (χ1n) is 8.30. The minimum absolute atomic E-state index is 0.0287. The van der Waals surface area contributed by atoms with E-state index in [0.717, 1.165) is 48.2 Å². The molecule has 0 N–H and O–H groups in total. The molecule has 1 fully saturated rings. The quantitative estimate of drug-likeness (QED) is 0.743. The van der Waals surface area contributed by atoms with Gasteiger partial charge in [0.25, 0.3) is 5.56 Å². The van der Waals surface area contributed by atoms with Gasteiger partial charge in [-0.05, 0) is 37.8 Å². The van der Waals surface area contributed by atoms with Gasteiger partial charge in [0, 0.05) is 18.2 Å². The lowest BCUT2D eigenvalue weighted by Gasteiger charge is -2.13. The van der Waals surface area contributed by atoms with Crippen molar-refractivity contribution in [3.63, 3.8) is 0 Å². The van der Waals surface area contributed by atoms with E-state index in [4.69, 9.17) is 0 Å². The zero-order valence-electron chi connectivity index (χ0n) is 13.8. The van der Waals surface area contributed by atoms with Crippen LogP contribution in [0.5, 0.6) is 0 Å². The van der Waals surface area contributed by atoms with Crippen molar-refractivity contribution in [3.8, 4) is 0 Å². The van der Waals surface area contributed by atoms with E-state index in [9.17, 15) is 4.79 Å². The van der Waals surface area contributed by atoms with Gasteiger partial charge in [-0.25, -0.2) is 4.98 Å². The summed E-state index contributed by atoms with van der Waals surface area (Å²) in [5.41, 5.74) is 3.07. The number of nitrogens with zero attached hydrogens (tertiary/aromatic N) is 5. The lowest BCUT2D eigenvalue weighted by atomic mass is 10.1. The maximum absolute atomic E-state index is 12.9. The SMILES string of the molecule is CCCCn1c(=O)c2nnc(C3(C)CC3)n2c2ncc(C)cc21. The van der Waals surface area contributed by atoms with Crippen LogP contribution in [0.4, 0.5) is 0 Å². The molecule has 3 aromatic rings. The summed E-state index contributed by atoms with van der Waals surface area (Å²) in [4.78, 5) is 17.5. The maximum atomic E-state index is 12.9. The highest BCUT2D eigenvalue weighted by molar-refractivity contribution is 5.75. The van der Waals surface area contributed by atoms with Crippen molar-refractivity contribution in [2.45, 2.75) is 58.4 Å². The number of aromatic nitrogens is 5. The van der Waals surface area contributed by atoms with Crippen molar-refractivity contribution in [1.29, 1.82) is 0 Å². The first-order valence-corrected chi connectivity index (χ1v) is 8.30. The van der Waals surface area contributed by atoms with Gasteiger partial charge in [-0.15, -0.1) is 10.2 Å². The monoisotopic (exact) mass is 311 g/mol. The summed E-state index contributed by atoms with van der Waals surface area (Å²) in [5, 5.41) is 8.55. The number of rotatable bonds is 4. The molecule has 0 amide bonds. The molecule has 6 heteroatoms. The predicted molar refractivity (Wildman–Crippen MR) is 88.8 cm³/mol. The number of aryl methyl sites for hydroxylation is 2. The van der Waals surface area contributed by atoms with Gasteiger partial charge < -0.3 is 4.57 Å². The fourth-order valence-electron chi connectivity index (χ4n) is 3.11. The van der Waals surface area contributed by atoms with Crippen molar-refractivity contribution < 1.29 is 0 Å². The summed E-state index contributed by atoms with van der Waals surface area (Å²) in [6.07, 6.45) is 6.00.